The summed E-state index contributed by atoms with van der Waals surface area (Å²) < 4.78 is 3.63. The number of rotatable bonds is 5. The molecule has 3 heterocycles. The van der Waals surface area contributed by atoms with Crippen LogP contribution in [0.5, 0.6) is 0 Å². The molecule has 3 aromatic heterocycles. The van der Waals surface area contributed by atoms with Gasteiger partial charge in [-0.25, -0.2) is 4.52 Å². The summed E-state index contributed by atoms with van der Waals surface area (Å²) in [5.74, 6) is 0. The number of hydrogen-bond donors (Lipinski definition) is 1. The van der Waals surface area contributed by atoms with Crippen molar-refractivity contribution in [3.05, 3.63) is 48.0 Å². The van der Waals surface area contributed by atoms with Crippen molar-refractivity contribution in [3.8, 4) is 0 Å². The monoisotopic (exact) mass is 270 g/mol. The number of hydrogen-bond acceptors (Lipinski definition) is 4. The predicted molar refractivity (Wildman–Crippen MR) is 76.3 cm³/mol. The first-order valence-electron chi connectivity index (χ1n) is 6.78. The highest BCUT2D eigenvalue weighted by atomic mass is 15.4. The summed E-state index contributed by atoms with van der Waals surface area (Å²) >= 11 is 0. The van der Waals surface area contributed by atoms with E-state index in [1.165, 1.54) is 5.56 Å². The van der Waals surface area contributed by atoms with E-state index in [9.17, 15) is 0 Å². The molecule has 1 atom stereocenters. The summed E-state index contributed by atoms with van der Waals surface area (Å²) in [6.45, 7) is 3.00. The van der Waals surface area contributed by atoms with Gasteiger partial charge in [-0.2, -0.15) is 5.10 Å². The zero-order valence-corrected chi connectivity index (χ0v) is 11.7. The molecule has 0 bridgehead atoms. The molecule has 0 spiro atoms. The van der Waals surface area contributed by atoms with Gasteiger partial charge in [-0.15, -0.1) is 5.10 Å². The fraction of sp³-hybridized carbons (Fsp3) is 0.357. The molecule has 0 saturated heterocycles. The lowest BCUT2D eigenvalue weighted by Gasteiger charge is -2.15. The lowest BCUT2D eigenvalue weighted by Crippen LogP contribution is -2.23. The van der Waals surface area contributed by atoms with E-state index in [1.807, 2.05) is 42.3 Å². The average Bonchev–Trinajstić information content (AvgIpc) is 3.04. The number of aryl methyl sites for hydroxylation is 1. The van der Waals surface area contributed by atoms with Crippen LogP contribution in [0.2, 0.25) is 0 Å². The van der Waals surface area contributed by atoms with Crippen LogP contribution in [-0.2, 0) is 13.5 Å². The first-order valence-corrected chi connectivity index (χ1v) is 6.78. The van der Waals surface area contributed by atoms with Crippen LogP contribution in [0.3, 0.4) is 0 Å². The third-order valence-electron chi connectivity index (χ3n) is 3.35. The summed E-state index contributed by atoms with van der Waals surface area (Å²) in [6.07, 6.45) is 6.65. The van der Waals surface area contributed by atoms with E-state index in [1.54, 1.807) is 4.68 Å². The van der Waals surface area contributed by atoms with Gasteiger partial charge in [-0.3, -0.25) is 4.68 Å². The number of nitrogens with zero attached hydrogens (tertiary/aromatic N) is 5. The first-order chi connectivity index (χ1) is 9.78. The van der Waals surface area contributed by atoms with Crippen LogP contribution in [0.15, 0.2) is 36.8 Å². The van der Waals surface area contributed by atoms with Crippen molar-refractivity contribution in [3.63, 3.8) is 0 Å². The SMILES string of the molecule is CCNC(Cc1cn(C)nn1)c1cnn2ccccc12. The smallest absolute Gasteiger partial charge is 0.0846 e. The van der Waals surface area contributed by atoms with E-state index in [2.05, 4.69) is 33.7 Å². The van der Waals surface area contributed by atoms with Gasteiger partial charge in [0, 0.05) is 37.5 Å². The standard InChI is InChI=1S/C14H18N6/c1-3-15-13(8-11-10-19(2)18-17-11)12-9-16-20-7-5-4-6-14(12)20/h4-7,9-10,13,15H,3,8H2,1-2H3. The zero-order valence-electron chi connectivity index (χ0n) is 11.7. The largest absolute Gasteiger partial charge is 0.310 e. The van der Waals surface area contributed by atoms with Crippen molar-refractivity contribution in [1.82, 2.24) is 29.9 Å². The van der Waals surface area contributed by atoms with Gasteiger partial charge in [-0.1, -0.05) is 18.2 Å². The number of pyridine rings is 1. The summed E-state index contributed by atoms with van der Waals surface area (Å²) in [5.41, 5.74) is 3.30. The minimum absolute atomic E-state index is 0.191. The summed E-state index contributed by atoms with van der Waals surface area (Å²) in [5, 5.41) is 16.1. The molecule has 0 radical (unpaired) electrons. The Labute approximate surface area is 117 Å². The molecule has 0 amide bonds. The summed E-state index contributed by atoms with van der Waals surface area (Å²) in [4.78, 5) is 0. The number of likely N-dealkylation sites (N-methyl/N-ethyl adjacent to an activating group) is 1. The maximum absolute atomic E-state index is 4.40. The zero-order chi connectivity index (χ0) is 13.9. The molecular formula is C14H18N6. The predicted octanol–water partition coefficient (Wildman–Crippen LogP) is 1.36. The van der Waals surface area contributed by atoms with E-state index in [4.69, 9.17) is 0 Å². The Morgan fingerprint density at radius 2 is 2.25 bits per heavy atom. The molecule has 0 saturated carbocycles. The quantitative estimate of drug-likeness (QED) is 0.760. The van der Waals surface area contributed by atoms with Gasteiger partial charge >= 0.3 is 0 Å². The second-order valence-electron chi connectivity index (χ2n) is 4.83. The third-order valence-corrected chi connectivity index (χ3v) is 3.35. The number of nitrogens with one attached hydrogen (secondary N) is 1. The van der Waals surface area contributed by atoms with E-state index >= 15 is 0 Å². The fourth-order valence-corrected chi connectivity index (χ4v) is 2.46. The highest BCUT2D eigenvalue weighted by Gasteiger charge is 2.17. The molecule has 6 nitrogen and oxygen atoms in total. The highest BCUT2D eigenvalue weighted by molar-refractivity contribution is 5.55. The molecule has 0 aliphatic rings. The van der Waals surface area contributed by atoms with Crippen LogP contribution < -0.4 is 5.32 Å². The average molecular weight is 270 g/mol. The molecule has 0 aliphatic carbocycles. The number of fused-ring (bicyclic) bond motifs is 1. The molecule has 1 N–H and O–H groups in total. The van der Waals surface area contributed by atoms with Gasteiger partial charge < -0.3 is 5.32 Å². The molecule has 0 aromatic carbocycles. The Bertz CT molecular complexity index is 698. The minimum Gasteiger partial charge on any atom is -0.310 e. The van der Waals surface area contributed by atoms with E-state index in [-0.39, 0.29) is 6.04 Å². The van der Waals surface area contributed by atoms with Crippen LogP contribution in [0.1, 0.15) is 24.2 Å². The lowest BCUT2D eigenvalue weighted by molar-refractivity contribution is 0.546. The second-order valence-corrected chi connectivity index (χ2v) is 4.83. The van der Waals surface area contributed by atoms with Crippen LogP contribution in [0, 0.1) is 0 Å². The Morgan fingerprint density at radius 3 is 3.00 bits per heavy atom. The molecule has 0 aliphatic heterocycles. The van der Waals surface area contributed by atoms with Crippen molar-refractivity contribution in [1.29, 1.82) is 0 Å². The molecule has 3 rings (SSSR count). The van der Waals surface area contributed by atoms with E-state index in [0.717, 1.165) is 24.2 Å². The molecule has 1 unspecified atom stereocenters. The van der Waals surface area contributed by atoms with Crippen LogP contribution >= 0.6 is 0 Å². The van der Waals surface area contributed by atoms with Gasteiger partial charge in [-0.05, 0) is 18.7 Å². The minimum atomic E-state index is 0.191. The fourth-order valence-electron chi connectivity index (χ4n) is 2.46. The molecule has 104 valence electrons. The number of aromatic nitrogens is 5. The van der Waals surface area contributed by atoms with Crippen LogP contribution in [-0.4, -0.2) is 31.2 Å². The van der Waals surface area contributed by atoms with Crippen molar-refractivity contribution in [2.24, 2.45) is 7.05 Å². The van der Waals surface area contributed by atoms with Crippen molar-refractivity contribution < 1.29 is 0 Å². The van der Waals surface area contributed by atoms with E-state index < -0.39 is 0 Å². The Morgan fingerprint density at radius 1 is 1.35 bits per heavy atom. The van der Waals surface area contributed by atoms with Gasteiger partial charge in [0.05, 0.1) is 17.4 Å². The van der Waals surface area contributed by atoms with Gasteiger partial charge in [0.15, 0.2) is 0 Å². The van der Waals surface area contributed by atoms with Gasteiger partial charge in [0.25, 0.3) is 0 Å². The normalized spacial score (nSPS) is 12.9. The first kappa shape index (κ1) is 12.8. The van der Waals surface area contributed by atoms with Crippen LogP contribution in [0.25, 0.3) is 5.52 Å². The molecule has 0 fully saturated rings. The Kier molecular flexibility index (Phi) is 3.47. The maximum Gasteiger partial charge on any atom is 0.0846 e. The maximum atomic E-state index is 4.40. The Hall–Kier alpha value is -2.21. The van der Waals surface area contributed by atoms with Gasteiger partial charge in [0.1, 0.15) is 0 Å². The Balaban J connectivity index is 1.93. The van der Waals surface area contributed by atoms with Crippen molar-refractivity contribution in [2.45, 2.75) is 19.4 Å². The molecule has 20 heavy (non-hydrogen) atoms. The summed E-state index contributed by atoms with van der Waals surface area (Å²) in [6, 6.07) is 6.29. The topological polar surface area (TPSA) is 60.0 Å². The lowest BCUT2D eigenvalue weighted by atomic mass is 10.0. The third kappa shape index (κ3) is 2.42. The molecular weight excluding hydrogens is 252 g/mol. The molecule has 6 heteroatoms. The van der Waals surface area contributed by atoms with Crippen LogP contribution in [0.4, 0.5) is 0 Å². The highest BCUT2D eigenvalue weighted by Crippen LogP contribution is 2.22. The molecule has 3 aromatic rings. The summed E-state index contributed by atoms with van der Waals surface area (Å²) in [7, 11) is 1.88. The second kappa shape index (κ2) is 5.42. The van der Waals surface area contributed by atoms with E-state index in [0.29, 0.717) is 0 Å². The van der Waals surface area contributed by atoms with Crippen molar-refractivity contribution in [2.75, 3.05) is 6.54 Å². The van der Waals surface area contributed by atoms with Gasteiger partial charge in [0.2, 0.25) is 0 Å². The van der Waals surface area contributed by atoms with Crippen molar-refractivity contribution >= 4 is 5.52 Å².